The Labute approximate surface area is 222 Å². The van der Waals surface area contributed by atoms with Crippen LogP contribution in [0, 0.1) is 12.7 Å². The molecule has 0 bridgehead atoms. The van der Waals surface area contributed by atoms with Gasteiger partial charge in [0.15, 0.2) is 0 Å². The SMILES string of the molecule is Cc1cc(Br)c(C(=O)N2CCC(n3cc(NC(=O)CCCOc4ccc(Cl)cc4)cn3)CC2)cc1F. The van der Waals surface area contributed by atoms with Gasteiger partial charge in [-0.2, -0.15) is 5.10 Å². The summed E-state index contributed by atoms with van der Waals surface area (Å²) >= 11 is 9.23. The second kappa shape index (κ2) is 11.9. The van der Waals surface area contributed by atoms with Crippen molar-refractivity contribution in [2.75, 3.05) is 25.0 Å². The Hall–Kier alpha value is -2.91. The fourth-order valence-corrected chi connectivity index (χ4v) is 4.85. The highest BCUT2D eigenvalue weighted by atomic mass is 79.9. The molecule has 1 aromatic heterocycles. The van der Waals surface area contributed by atoms with E-state index in [1.165, 1.54) is 6.07 Å². The number of aryl methyl sites for hydroxylation is 1. The molecule has 1 fully saturated rings. The molecular weight excluding hydrogens is 551 g/mol. The molecule has 0 unspecified atom stereocenters. The van der Waals surface area contributed by atoms with E-state index < -0.39 is 5.82 Å². The van der Waals surface area contributed by atoms with Gasteiger partial charge in [0.1, 0.15) is 11.6 Å². The van der Waals surface area contributed by atoms with Crippen LogP contribution in [0.15, 0.2) is 53.3 Å². The molecule has 3 aromatic rings. The van der Waals surface area contributed by atoms with E-state index in [4.69, 9.17) is 16.3 Å². The van der Waals surface area contributed by atoms with Gasteiger partial charge in [0.05, 0.1) is 30.1 Å². The quantitative estimate of drug-likeness (QED) is 0.332. The fourth-order valence-electron chi connectivity index (χ4n) is 4.09. The van der Waals surface area contributed by atoms with Crippen molar-refractivity contribution in [2.45, 2.75) is 38.6 Å². The molecule has 0 spiro atoms. The minimum Gasteiger partial charge on any atom is -0.494 e. The van der Waals surface area contributed by atoms with Crippen LogP contribution >= 0.6 is 27.5 Å². The topological polar surface area (TPSA) is 76.5 Å². The molecule has 2 amide bonds. The van der Waals surface area contributed by atoms with Crippen molar-refractivity contribution in [3.8, 4) is 5.75 Å². The Balaban J connectivity index is 1.22. The number of piperidine rings is 1. The Kier molecular flexibility index (Phi) is 8.64. The average Bonchev–Trinajstić information content (AvgIpc) is 3.33. The lowest BCUT2D eigenvalue weighted by molar-refractivity contribution is -0.116. The normalized spacial score (nSPS) is 14.1. The summed E-state index contributed by atoms with van der Waals surface area (Å²) < 4.78 is 22.0. The van der Waals surface area contributed by atoms with Gasteiger partial charge in [0.25, 0.3) is 5.91 Å². The molecule has 0 aliphatic carbocycles. The zero-order valence-corrected chi connectivity index (χ0v) is 22.2. The van der Waals surface area contributed by atoms with Gasteiger partial charge in [0.2, 0.25) is 5.91 Å². The molecule has 1 aliphatic rings. The Morgan fingerprint density at radius 1 is 1.22 bits per heavy atom. The number of likely N-dealkylation sites (tertiary alicyclic amines) is 1. The molecule has 2 aromatic carbocycles. The third kappa shape index (κ3) is 6.64. The van der Waals surface area contributed by atoms with Gasteiger partial charge in [-0.15, -0.1) is 0 Å². The first kappa shape index (κ1) is 26.2. The zero-order chi connectivity index (χ0) is 25.7. The van der Waals surface area contributed by atoms with E-state index in [0.717, 1.165) is 12.8 Å². The van der Waals surface area contributed by atoms with Crippen LogP contribution in [0.25, 0.3) is 0 Å². The summed E-state index contributed by atoms with van der Waals surface area (Å²) in [5, 5.41) is 7.92. The Morgan fingerprint density at radius 2 is 1.94 bits per heavy atom. The number of rotatable bonds is 8. The number of benzene rings is 2. The molecule has 190 valence electrons. The van der Waals surface area contributed by atoms with Crippen LogP contribution in [0.2, 0.25) is 5.02 Å². The second-order valence-corrected chi connectivity index (χ2v) is 10.1. The maximum absolute atomic E-state index is 14.0. The second-order valence-electron chi connectivity index (χ2n) is 8.77. The summed E-state index contributed by atoms with van der Waals surface area (Å²) in [6.07, 6.45) is 5.79. The number of hydrogen-bond acceptors (Lipinski definition) is 4. The molecule has 7 nitrogen and oxygen atoms in total. The number of nitrogens with one attached hydrogen (secondary N) is 1. The summed E-state index contributed by atoms with van der Waals surface area (Å²) in [6, 6.07) is 10.1. The molecule has 0 radical (unpaired) electrons. The van der Waals surface area contributed by atoms with E-state index >= 15 is 0 Å². The smallest absolute Gasteiger partial charge is 0.255 e. The summed E-state index contributed by atoms with van der Waals surface area (Å²) in [5.41, 5.74) is 1.46. The van der Waals surface area contributed by atoms with Crippen LogP contribution in [0.1, 0.15) is 47.6 Å². The highest BCUT2D eigenvalue weighted by Gasteiger charge is 2.26. The number of hydrogen-bond donors (Lipinski definition) is 1. The maximum atomic E-state index is 14.0. The van der Waals surface area contributed by atoms with Crippen molar-refractivity contribution in [2.24, 2.45) is 0 Å². The first-order valence-corrected chi connectivity index (χ1v) is 12.9. The summed E-state index contributed by atoms with van der Waals surface area (Å²) in [5.74, 6) is 0.0300. The lowest BCUT2D eigenvalue weighted by Crippen LogP contribution is -2.39. The minimum atomic E-state index is -0.392. The third-order valence-electron chi connectivity index (χ3n) is 6.12. The van der Waals surface area contributed by atoms with Gasteiger partial charge in [-0.25, -0.2) is 4.39 Å². The van der Waals surface area contributed by atoms with Crippen LogP contribution in [-0.4, -0.2) is 46.2 Å². The highest BCUT2D eigenvalue weighted by molar-refractivity contribution is 9.10. The number of carbonyl (C=O) groups is 2. The lowest BCUT2D eigenvalue weighted by atomic mass is 10.0. The molecule has 10 heteroatoms. The zero-order valence-electron chi connectivity index (χ0n) is 19.8. The number of aromatic nitrogens is 2. The maximum Gasteiger partial charge on any atom is 0.255 e. The van der Waals surface area contributed by atoms with E-state index in [0.29, 0.717) is 64.6 Å². The van der Waals surface area contributed by atoms with Gasteiger partial charge in [0, 0.05) is 35.2 Å². The first-order chi connectivity index (χ1) is 17.3. The van der Waals surface area contributed by atoms with Crippen LogP contribution in [0.4, 0.5) is 10.1 Å². The largest absolute Gasteiger partial charge is 0.494 e. The molecular formula is C26H27BrClFN4O3. The van der Waals surface area contributed by atoms with Crippen molar-refractivity contribution < 1.29 is 18.7 Å². The number of nitrogens with zero attached hydrogens (tertiary/aromatic N) is 3. The van der Waals surface area contributed by atoms with E-state index in [1.807, 2.05) is 10.9 Å². The molecule has 2 heterocycles. The predicted octanol–water partition coefficient (Wildman–Crippen LogP) is 6.02. The standard InChI is InChI=1S/C26H27BrClFN4O3/c1-17-13-23(27)22(14-24(17)29)26(35)32-10-8-20(9-11-32)33-16-19(15-30-33)31-25(34)3-2-12-36-21-6-4-18(28)5-7-21/h4-7,13-16,20H,2-3,8-12H2,1H3,(H,31,34). The van der Waals surface area contributed by atoms with E-state index in [9.17, 15) is 14.0 Å². The van der Waals surface area contributed by atoms with Crippen molar-refractivity contribution in [3.05, 3.63) is 75.2 Å². The molecule has 1 N–H and O–H groups in total. The van der Waals surface area contributed by atoms with Gasteiger partial charge >= 0.3 is 0 Å². The van der Waals surface area contributed by atoms with Crippen molar-refractivity contribution in [3.63, 3.8) is 0 Å². The fraction of sp³-hybridized carbons (Fsp3) is 0.346. The number of halogens is 3. The molecule has 0 saturated carbocycles. The minimum absolute atomic E-state index is 0.106. The predicted molar refractivity (Wildman–Crippen MR) is 140 cm³/mol. The highest BCUT2D eigenvalue weighted by Crippen LogP contribution is 2.27. The molecule has 1 saturated heterocycles. The first-order valence-electron chi connectivity index (χ1n) is 11.8. The number of ether oxygens (including phenoxy) is 1. The van der Waals surface area contributed by atoms with Gasteiger partial charge in [-0.1, -0.05) is 11.6 Å². The summed E-state index contributed by atoms with van der Waals surface area (Å²) in [7, 11) is 0. The van der Waals surface area contributed by atoms with Gasteiger partial charge in [-0.05, 0) is 84.1 Å². The third-order valence-corrected chi connectivity index (χ3v) is 7.03. The molecule has 0 atom stereocenters. The van der Waals surface area contributed by atoms with Crippen LogP contribution in [0.3, 0.4) is 0 Å². The number of amides is 2. The molecule has 4 rings (SSSR count). The van der Waals surface area contributed by atoms with E-state index in [1.54, 1.807) is 48.4 Å². The van der Waals surface area contributed by atoms with Gasteiger partial charge in [-0.3, -0.25) is 14.3 Å². The van der Waals surface area contributed by atoms with Crippen LogP contribution < -0.4 is 10.1 Å². The van der Waals surface area contributed by atoms with Crippen LogP contribution in [0.5, 0.6) is 5.75 Å². The summed E-state index contributed by atoms with van der Waals surface area (Å²) in [4.78, 5) is 26.9. The molecule has 1 aliphatic heterocycles. The lowest BCUT2D eigenvalue weighted by Gasteiger charge is -2.32. The van der Waals surface area contributed by atoms with Gasteiger partial charge < -0.3 is 15.0 Å². The Morgan fingerprint density at radius 3 is 2.67 bits per heavy atom. The molecule has 36 heavy (non-hydrogen) atoms. The van der Waals surface area contributed by atoms with Crippen molar-refractivity contribution >= 4 is 45.0 Å². The number of anilines is 1. The van der Waals surface area contributed by atoms with Crippen LogP contribution in [-0.2, 0) is 4.79 Å². The number of carbonyl (C=O) groups excluding carboxylic acids is 2. The average molecular weight is 578 g/mol. The summed E-state index contributed by atoms with van der Waals surface area (Å²) in [6.45, 7) is 3.18. The Bertz CT molecular complexity index is 1230. The van der Waals surface area contributed by atoms with Crippen molar-refractivity contribution in [1.29, 1.82) is 0 Å². The van der Waals surface area contributed by atoms with E-state index in [2.05, 4.69) is 26.3 Å². The van der Waals surface area contributed by atoms with E-state index in [-0.39, 0.29) is 17.9 Å². The monoisotopic (exact) mass is 576 g/mol. The van der Waals surface area contributed by atoms with Crippen molar-refractivity contribution in [1.82, 2.24) is 14.7 Å².